The molecule has 9 heteroatoms. The van der Waals surface area contributed by atoms with Crippen molar-refractivity contribution in [1.82, 2.24) is 9.62 Å². The van der Waals surface area contributed by atoms with Crippen LogP contribution >= 0.6 is 12.4 Å². The Labute approximate surface area is 165 Å². The van der Waals surface area contributed by atoms with E-state index < -0.39 is 16.0 Å². The lowest BCUT2D eigenvalue weighted by Crippen LogP contribution is -2.48. The molecule has 0 bridgehead atoms. The summed E-state index contributed by atoms with van der Waals surface area (Å²) in [5.41, 5.74) is 2.11. The summed E-state index contributed by atoms with van der Waals surface area (Å²) in [4.78, 5) is 11.5. The van der Waals surface area contributed by atoms with E-state index in [4.69, 9.17) is 4.42 Å². The number of ether oxygens (including phenoxy) is 1. The first-order valence-electron chi connectivity index (χ1n) is 8.47. The Hall–Kier alpha value is -1.87. The molecule has 1 fully saturated rings. The van der Waals surface area contributed by atoms with Gasteiger partial charge < -0.3 is 14.5 Å². The Morgan fingerprint density at radius 1 is 1.26 bits per heavy atom. The van der Waals surface area contributed by atoms with E-state index in [1.54, 1.807) is 0 Å². The van der Waals surface area contributed by atoms with Gasteiger partial charge in [-0.3, -0.25) is 0 Å². The van der Waals surface area contributed by atoms with Gasteiger partial charge in [0.2, 0.25) is 10.9 Å². The molecule has 0 spiro atoms. The van der Waals surface area contributed by atoms with Crippen LogP contribution in [0.5, 0.6) is 0 Å². The fourth-order valence-electron chi connectivity index (χ4n) is 3.02. The number of esters is 1. The Morgan fingerprint density at radius 3 is 2.59 bits per heavy atom. The number of rotatable bonds is 5. The molecule has 0 aliphatic carbocycles. The molecule has 7 nitrogen and oxygen atoms in total. The van der Waals surface area contributed by atoms with Crippen molar-refractivity contribution in [3.63, 3.8) is 0 Å². The second-order valence-electron chi connectivity index (χ2n) is 6.04. The predicted octanol–water partition coefficient (Wildman–Crippen LogP) is 2.39. The van der Waals surface area contributed by atoms with Gasteiger partial charge in [-0.1, -0.05) is 31.2 Å². The first-order chi connectivity index (χ1) is 12.5. The Bertz CT molecular complexity index is 879. The van der Waals surface area contributed by atoms with Crippen molar-refractivity contribution in [1.29, 1.82) is 0 Å². The first-order valence-corrected chi connectivity index (χ1v) is 9.91. The number of hydrogen-bond donors (Lipinski definition) is 1. The van der Waals surface area contributed by atoms with Gasteiger partial charge in [-0.15, -0.1) is 12.4 Å². The number of sulfonamides is 1. The minimum Gasteiger partial charge on any atom is -0.463 e. The number of carbonyl (C=O) groups is 1. The third-order valence-corrected chi connectivity index (χ3v) is 6.28. The molecular weight excluding hydrogens is 392 g/mol. The van der Waals surface area contributed by atoms with Crippen LogP contribution in [0.25, 0.3) is 0 Å². The SMILES string of the molecule is CCc1ccc(C2CNCCN2S(=O)(=O)c2ccc(C(=O)OC)o2)cc1.Cl. The van der Waals surface area contributed by atoms with Gasteiger partial charge in [0.1, 0.15) is 0 Å². The van der Waals surface area contributed by atoms with Gasteiger partial charge >= 0.3 is 5.97 Å². The van der Waals surface area contributed by atoms with Gasteiger partial charge in [-0.05, 0) is 29.7 Å². The van der Waals surface area contributed by atoms with E-state index in [0.717, 1.165) is 12.0 Å². The Balaban J connectivity index is 0.00000261. The molecule has 1 atom stereocenters. The zero-order chi connectivity index (χ0) is 18.7. The summed E-state index contributed by atoms with van der Waals surface area (Å²) >= 11 is 0. The molecule has 27 heavy (non-hydrogen) atoms. The Morgan fingerprint density at radius 2 is 1.96 bits per heavy atom. The maximum atomic E-state index is 13.1. The standard InChI is InChI=1S/C18H22N2O5S.ClH/c1-3-13-4-6-14(7-5-13)15-12-19-10-11-20(15)26(22,23)17-9-8-16(25-17)18(21)24-2;/h4-9,15,19H,3,10-12H2,1-2H3;1H. The molecule has 2 heterocycles. The quantitative estimate of drug-likeness (QED) is 0.755. The highest BCUT2D eigenvalue weighted by atomic mass is 35.5. The van der Waals surface area contributed by atoms with E-state index in [2.05, 4.69) is 17.0 Å². The van der Waals surface area contributed by atoms with E-state index in [-0.39, 0.29) is 29.3 Å². The largest absolute Gasteiger partial charge is 0.463 e. The van der Waals surface area contributed by atoms with Crippen LogP contribution in [0, 0.1) is 0 Å². The minimum absolute atomic E-state index is 0. The summed E-state index contributed by atoms with van der Waals surface area (Å²) in [5, 5.41) is 2.98. The summed E-state index contributed by atoms with van der Waals surface area (Å²) < 4.78 is 37.4. The van der Waals surface area contributed by atoms with Crippen molar-refractivity contribution < 1.29 is 22.4 Å². The fraction of sp³-hybridized carbons (Fsp3) is 0.389. The van der Waals surface area contributed by atoms with Gasteiger partial charge in [0.25, 0.3) is 10.0 Å². The van der Waals surface area contributed by atoms with Crippen molar-refractivity contribution in [3.8, 4) is 0 Å². The van der Waals surface area contributed by atoms with Crippen molar-refractivity contribution in [3.05, 3.63) is 53.3 Å². The third-order valence-electron chi connectivity index (χ3n) is 4.50. The number of aryl methyl sites for hydroxylation is 1. The van der Waals surface area contributed by atoms with Crippen molar-refractivity contribution in [2.75, 3.05) is 26.7 Å². The number of hydrogen-bond acceptors (Lipinski definition) is 6. The van der Waals surface area contributed by atoms with Crippen molar-refractivity contribution in [2.45, 2.75) is 24.5 Å². The number of benzene rings is 1. The zero-order valence-electron chi connectivity index (χ0n) is 15.2. The second-order valence-corrected chi connectivity index (χ2v) is 7.86. The van der Waals surface area contributed by atoms with E-state index >= 15 is 0 Å². The molecule has 0 amide bonds. The van der Waals surface area contributed by atoms with Gasteiger partial charge in [-0.2, -0.15) is 4.31 Å². The lowest BCUT2D eigenvalue weighted by atomic mass is 10.0. The van der Waals surface area contributed by atoms with E-state index in [1.807, 2.05) is 24.3 Å². The predicted molar refractivity (Wildman–Crippen MR) is 103 cm³/mol. The normalized spacial score (nSPS) is 17.9. The number of halogens is 1. The van der Waals surface area contributed by atoms with Gasteiger partial charge in [0, 0.05) is 19.6 Å². The number of nitrogens with zero attached hydrogens (tertiary/aromatic N) is 1. The second kappa shape index (κ2) is 8.88. The molecule has 1 aliphatic heterocycles. The summed E-state index contributed by atoms with van der Waals surface area (Å²) in [6.07, 6.45) is 0.925. The zero-order valence-corrected chi connectivity index (χ0v) is 16.8. The van der Waals surface area contributed by atoms with Crippen LogP contribution in [0.4, 0.5) is 0 Å². The molecule has 1 N–H and O–H groups in total. The molecule has 1 aromatic heterocycles. The summed E-state index contributed by atoms with van der Waals surface area (Å²) in [7, 11) is -2.66. The lowest BCUT2D eigenvalue weighted by Gasteiger charge is -2.34. The van der Waals surface area contributed by atoms with Crippen LogP contribution in [0.2, 0.25) is 0 Å². The van der Waals surface area contributed by atoms with Crippen LogP contribution < -0.4 is 5.32 Å². The van der Waals surface area contributed by atoms with E-state index in [1.165, 1.54) is 29.1 Å². The van der Waals surface area contributed by atoms with Gasteiger partial charge in [0.15, 0.2) is 0 Å². The summed E-state index contributed by atoms with van der Waals surface area (Å²) in [5.74, 6) is -0.844. The highest BCUT2D eigenvalue weighted by Gasteiger charge is 2.36. The van der Waals surface area contributed by atoms with Crippen LogP contribution in [0.15, 0.2) is 45.9 Å². The third kappa shape index (κ3) is 4.35. The van der Waals surface area contributed by atoms with Crippen LogP contribution in [0.1, 0.15) is 34.6 Å². The summed E-state index contributed by atoms with van der Waals surface area (Å²) in [6, 6.07) is 10.2. The van der Waals surface area contributed by atoms with Crippen LogP contribution in [-0.2, 0) is 21.2 Å². The number of piperazine rings is 1. The maximum absolute atomic E-state index is 13.1. The van der Waals surface area contributed by atoms with Crippen molar-refractivity contribution >= 4 is 28.4 Å². The number of nitrogens with one attached hydrogen (secondary N) is 1. The number of furan rings is 1. The number of carbonyl (C=O) groups excluding carboxylic acids is 1. The molecule has 0 saturated carbocycles. The average Bonchev–Trinajstić information content (AvgIpc) is 3.18. The molecule has 0 radical (unpaired) electrons. The molecule has 3 rings (SSSR count). The topological polar surface area (TPSA) is 88.9 Å². The molecule has 1 aliphatic rings. The first kappa shape index (κ1) is 21.4. The average molecular weight is 415 g/mol. The molecule has 1 saturated heterocycles. The maximum Gasteiger partial charge on any atom is 0.374 e. The van der Waals surface area contributed by atoms with E-state index in [0.29, 0.717) is 19.6 Å². The smallest absolute Gasteiger partial charge is 0.374 e. The monoisotopic (exact) mass is 414 g/mol. The highest BCUT2D eigenvalue weighted by Crippen LogP contribution is 2.30. The van der Waals surface area contributed by atoms with Crippen LogP contribution in [0.3, 0.4) is 0 Å². The summed E-state index contributed by atoms with van der Waals surface area (Å²) in [6.45, 7) is 3.45. The fourth-order valence-corrected chi connectivity index (χ4v) is 4.55. The Kier molecular flexibility index (Phi) is 7.05. The molecule has 1 aromatic carbocycles. The molecule has 1 unspecified atom stereocenters. The van der Waals surface area contributed by atoms with Crippen LogP contribution in [-0.4, -0.2) is 45.4 Å². The van der Waals surface area contributed by atoms with Crippen molar-refractivity contribution in [2.24, 2.45) is 0 Å². The van der Waals surface area contributed by atoms with Gasteiger partial charge in [0.05, 0.1) is 13.2 Å². The minimum atomic E-state index is -3.88. The molecular formula is C18H23ClN2O5S. The van der Waals surface area contributed by atoms with Gasteiger partial charge in [-0.25, -0.2) is 13.2 Å². The molecule has 2 aromatic rings. The number of methoxy groups -OCH3 is 1. The molecule has 148 valence electrons. The highest BCUT2D eigenvalue weighted by molar-refractivity contribution is 7.89. The lowest BCUT2D eigenvalue weighted by molar-refractivity contribution is 0.0558. The van der Waals surface area contributed by atoms with E-state index in [9.17, 15) is 13.2 Å².